The molecule has 0 saturated carbocycles. The van der Waals surface area contributed by atoms with E-state index in [4.69, 9.17) is 23.2 Å². The van der Waals surface area contributed by atoms with Gasteiger partial charge in [0.25, 0.3) is 0 Å². The molecule has 0 spiro atoms. The minimum Gasteiger partial charge on any atom is -0.370 e. The number of alkyl halides is 1. The molecule has 1 nitrogen and oxygen atoms in total. The Morgan fingerprint density at radius 3 is 2.62 bits per heavy atom. The molecule has 16 heavy (non-hydrogen) atoms. The van der Waals surface area contributed by atoms with Gasteiger partial charge in [0.2, 0.25) is 0 Å². The fraction of sp³-hybridized carbons (Fsp3) is 0.538. The van der Waals surface area contributed by atoms with Crippen LogP contribution in [0.15, 0.2) is 18.2 Å². The number of benzene rings is 1. The first-order valence-corrected chi connectivity index (χ1v) is 6.72. The average molecular weight is 258 g/mol. The quantitative estimate of drug-likeness (QED) is 0.714. The summed E-state index contributed by atoms with van der Waals surface area (Å²) in [7, 11) is 0. The first-order valence-electron chi connectivity index (χ1n) is 5.80. The summed E-state index contributed by atoms with van der Waals surface area (Å²) >= 11 is 12.2. The van der Waals surface area contributed by atoms with Gasteiger partial charge in [-0.2, -0.15) is 0 Å². The maximum Gasteiger partial charge on any atom is 0.0642 e. The molecule has 0 N–H and O–H groups in total. The average Bonchev–Trinajstić information content (AvgIpc) is 2.30. The van der Waals surface area contributed by atoms with E-state index in [-0.39, 0.29) is 0 Å². The van der Waals surface area contributed by atoms with Crippen molar-refractivity contribution in [3.8, 4) is 0 Å². The molecule has 1 aliphatic rings. The molecule has 0 amide bonds. The molecular formula is C13H17Cl2N. The van der Waals surface area contributed by atoms with E-state index < -0.39 is 0 Å². The van der Waals surface area contributed by atoms with Crippen LogP contribution in [0.1, 0.15) is 25.3 Å². The third-order valence-electron chi connectivity index (χ3n) is 3.31. The van der Waals surface area contributed by atoms with E-state index in [1.807, 2.05) is 12.1 Å². The first kappa shape index (κ1) is 12.1. The summed E-state index contributed by atoms with van der Waals surface area (Å²) in [5, 5.41) is 0.827. The zero-order chi connectivity index (χ0) is 11.5. The molecular weight excluding hydrogens is 241 g/mol. The normalized spacial score (nSPS) is 17.8. The van der Waals surface area contributed by atoms with Crippen LogP contribution in [-0.2, 0) is 5.88 Å². The van der Waals surface area contributed by atoms with Crippen LogP contribution in [0.2, 0.25) is 5.02 Å². The van der Waals surface area contributed by atoms with Crippen LogP contribution >= 0.6 is 23.2 Å². The number of hydrogen-bond donors (Lipinski definition) is 0. The Bertz CT molecular complexity index is 357. The van der Waals surface area contributed by atoms with Crippen molar-refractivity contribution in [1.29, 1.82) is 0 Å². The Labute approximate surface area is 107 Å². The summed E-state index contributed by atoms with van der Waals surface area (Å²) in [6.45, 7) is 4.50. The van der Waals surface area contributed by atoms with Crippen LogP contribution in [0.3, 0.4) is 0 Å². The molecule has 0 radical (unpaired) electrons. The molecule has 1 saturated heterocycles. The largest absolute Gasteiger partial charge is 0.370 e. The molecule has 0 aromatic heterocycles. The summed E-state index contributed by atoms with van der Waals surface area (Å²) in [6, 6.07) is 5.98. The highest BCUT2D eigenvalue weighted by molar-refractivity contribution is 6.33. The molecule has 1 aliphatic heterocycles. The van der Waals surface area contributed by atoms with Gasteiger partial charge in [0, 0.05) is 19.0 Å². The number of anilines is 1. The maximum absolute atomic E-state index is 6.28. The number of hydrogen-bond acceptors (Lipinski definition) is 1. The van der Waals surface area contributed by atoms with E-state index in [9.17, 15) is 0 Å². The van der Waals surface area contributed by atoms with Gasteiger partial charge in [-0.3, -0.25) is 0 Å². The standard InChI is InChI=1S/C13H17Cl2N/c1-10-5-7-16(8-6-10)13-11(9-14)3-2-4-12(13)15/h2-4,10H,5-9H2,1H3. The Morgan fingerprint density at radius 2 is 2.00 bits per heavy atom. The molecule has 1 aromatic carbocycles. The zero-order valence-corrected chi connectivity index (χ0v) is 11.1. The summed E-state index contributed by atoms with van der Waals surface area (Å²) < 4.78 is 0. The third-order valence-corrected chi connectivity index (χ3v) is 3.91. The summed E-state index contributed by atoms with van der Waals surface area (Å²) in [5.74, 6) is 1.36. The van der Waals surface area contributed by atoms with Crippen molar-refractivity contribution in [2.75, 3.05) is 18.0 Å². The molecule has 1 aromatic rings. The SMILES string of the molecule is CC1CCN(c2c(Cl)cccc2CCl)CC1. The van der Waals surface area contributed by atoms with E-state index in [2.05, 4.69) is 17.9 Å². The van der Waals surface area contributed by atoms with Gasteiger partial charge in [-0.15, -0.1) is 11.6 Å². The van der Waals surface area contributed by atoms with E-state index in [1.54, 1.807) is 0 Å². The number of nitrogens with zero attached hydrogens (tertiary/aromatic N) is 1. The number of para-hydroxylation sites is 1. The van der Waals surface area contributed by atoms with E-state index in [0.29, 0.717) is 5.88 Å². The van der Waals surface area contributed by atoms with E-state index in [0.717, 1.165) is 35.3 Å². The van der Waals surface area contributed by atoms with Gasteiger partial charge < -0.3 is 4.90 Å². The second-order valence-electron chi connectivity index (χ2n) is 4.55. The second-order valence-corrected chi connectivity index (χ2v) is 5.23. The monoisotopic (exact) mass is 257 g/mol. The van der Waals surface area contributed by atoms with Gasteiger partial charge in [0.15, 0.2) is 0 Å². The van der Waals surface area contributed by atoms with Crippen LogP contribution in [0.25, 0.3) is 0 Å². The van der Waals surface area contributed by atoms with Gasteiger partial charge in [0.1, 0.15) is 0 Å². The topological polar surface area (TPSA) is 3.24 Å². The van der Waals surface area contributed by atoms with Crippen molar-refractivity contribution >= 4 is 28.9 Å². The van der Waals surface area contributed by atoms with E-state index >= 15 is 0 Å². The minimum atomic E-state index is 0.530. The van der Waals surface area contributed by atoms with Gasteiger partial charge in [-0.1, -0.05) is 30.7 Å². The molecule has 0 bridgehead atoms. The Kier molecular flexibility index (Phi) is 3.99. The van der Waals surface area contributed by atoms with Crippen LogP contribution in [0.4, 0.5) is 5.69 Å². The van der Waals surface area contributed by atoms with Crippen molar-refractivity contribution in [3.63, 3.8) is 0 Å². The maximum atomic E-state index is 6.28. The van der Waals surface area contributed by atoms with E-state index in [1.165, 1.54) is 12.8 Å². The van der Waals surface area contributed by atoms with Crippen molar-refractivity contribution in [2.24, 2.45) is 5.92 Å². The lowest BCUT2D eigenvalue weighted by Gasteiger charge is -2.34. The van der Waals surface area contributed by atoms with Gasteiger partial charge >= 0.3 is 0 Å². The Morgan fingerprint density at radius 1 is 1.31 bits per heavy atom. The molecule has 88 valence electrons. The summed E-state index contributed by atoms with van der Waals surface area (Å²) in [5.41, 5.74) is 2.29. The first-order chi connectivity index (χ1) is 7.72. The molecule has 0 aliphatic carbocycles. The number of piperidine rings is 1. The predicted molar refractivity (Wildman–Crippen MR) is 71.6 cm³/mol. The van der Waals surface area contributed by atoms with Gasteiger partial charge in [0.05, 0.1) is 10.7 Å². The van der Waals surface area contributed by atoms with Gasteiger partial charge in [-0.25, -0.2) is 0 Å². The minimum absolute atomic E-state index is 0.530. The van der Waals surface area contributed by atoms with Crippen LogP contribution in [0, 0.1) is 5.92 Å². The van der Waals surface area contributed by atoms with Crippen LogP contribution in [-0.4, -0.2) is 13.1 Å². The highest BCUT2D eigenvalue weighted by Gasteiger charge is 2.19. The Balaban J connectivity index is 2.25. The lowest BCUT2D eigenvalue weighted by Crippen LogP contribution is -2.33. The molecule has 1 heterocycles. The lowest BCUT2D eigenvalue weighted by molar-refractivity contribution is 0.438. The zero-order valence-electron chi connectivity index (χ0n) is 9.55. The molecule has 3 heteroatoms. The van der Waals surface area contributed by atoms with Crippen LogP contribution < -0.4 is 4.90 Å². The molecule has 0 atom stereocenters. The fourth-order valence-corrected chi connectivity index (χ4v) is 2.78. The molecule has 0 unspecified atom stereocenters. The van der Waals surface area contributed by atoms with Crippen molar-refractivity contribution in [3.05, 3.63) is 28.8 Å². The second kappa shape index (κ2) is 5.29. The molecule has 2 rings (SSSR count). The molecule has 1 fully saturated rings. The third kappa shape index (κ3) is 2.46. The highest BCUT2D eigenvalue weighted by Crippen LogP contribution is 2.33. The Hall–Kier alpha value is -0.400. The van der Waals surface area contributed by atoms with Crippen LogP contribution in [0.5, 0.6) is 0 Å². The predicted octanol–water partition coefficient (Wildman–Crippen LogP) is 4.32. The lowest BCUT2D eigenvalue weighted by atomic mass is 9.98. The fourth-order valence-electron chi connectivity index (χ4n) is 2.25. The van der Waals surface area contributed by atoms with Gasteiger partial charge in [-0.05, 0) is 30.4 Å². The van der Waals surface area contributed by atoms with Crippen molar-refractivity contribution in [1.82, 2.24) is 0 Å². The number of rotatable bonds is 2. The highest BCUT2D eigenvalue weighted by atomic mass is 35.5. The summed E-state index contributed by atoms with van der Waals surface area (Å²) in [4.78, 5) is 2.38. The smallest absolute Gasteiger partial charge is 0.0642 e. The van der Waals surface area contributed by atoms with Crippen molar-refractivity contribution in [2.45, 2.75) is 25.6 Å². The number of halogens is 2. The van der Waals surface area contributed by atoms with Crippen molar-refractivity contribution < 1.29 is 0 Å². The summed E-state index contributed by atoms with van der Waals surface area (Å²) in [6.07, 6.45) is 2.49.